The first-order valence-electron chi connectivity index (χ1n) is 12.4. The molecule has 0 saturated carbocycles. The Kier molecular flexibility index (Phi) is 8.49. The van der Waals surface area contributed by atoms with E-state index in [0.717, 1.165) is 25.7 Å². The fraction of sp³-hybridized carbons (Fsp3) is 0.385. The van der Waals surface area contributed by atoms with Crippen LogP contribution in [0.15, 0.2) is 53.1 Å². The maximum atomic E-state index is 13.5. The van der Waals surface area contributed by atoms with Gasteiger partial charge in [0, 0.05) is 31.2 Å². The van der Waals surface area contributed by atoms with Crippen molar-refractivity contribution in [2.24, 2.45) is 0 Å². The number of rotatable bonds is 8. The van der Waals surface area contributed by atoms with Gasteiger partial charge in [0.25, 0.3) is 5.91 Å². The van der Waals surface area contributed by atoms with Crippen LogP contribution in [0.3, 0.4) is 0 Å². The van der Waals surface area contributed by atoms with Gasteiger partial charge in [-0.15, -0.1) is 0 Å². The number of hydrogen-bond donors (Lipinski definition) is 3. The van der Waals surface area contributed by atoms with Crippen molar-refractivity contribution < 1.29 is 27.2 Å². The first-order chi connectivity index (χ1) is 18.2. The molecule has 1 fully saturated rings. The van der Waals surface area contributed by atoms with E-state index in [0.29, 0.717) is 31.0 Å². The first kappa shape index (κ1) is 27.0. The molecular weight excluding hydrogens is 501 g/mol. The van der Waals surface area contributed by atoms with Gasteiger partial charge in [0.1, 0.15) is 5.82 Å². The fourth-order valence-electron chi connectivity index (χ4n) is 4.03. The van der Waals surface area contributed by atoms with Gasteiger partial charge in [-0.2, -0.15) is 13.2 Å². The predicted molar refractivity (Wildman–Crippen MR) is 136 cm³/mol. The third kappa shape index (κ3) is 6.81. The summed E-state index contributed by atoms with van der Waals surface area (Å²) in [6.07, 6.45) is -0.0874. The van der Waals surface area contributed by atoms with Crippen molar-refractivity contribution in [1.82, 2.24) is 20.2 Å². The normalized spacial score (nSPS) is 14.3. The van der Waals surface area contributed by atoms with E-state index in [2.05, 4.69) is 32.8 Å². The standard InChI is InChI=1S/C26H29F3N6O3/c1-2-3-13-30-25(37)35-14-11-18(12-15-35)32-20-10-9-19(16-31-20)33-23(36)21-22(26(27,28)29)38-24(34-21)17-7-5-4-6-8-17/h4-10,16,18H,2-3,11-15H2,1H3,(H,30,37)(H,31,32)(H,33,36). The van der Waals surface area contributed by atoms with Crippen molar-refractivity contribution in [3.05, 3.63) is 60.1 Å². The molecule has 12 heteroatoms. The zero-order valence-electron chi connectivity index (χ0n) is 20.8. The van der Waals surface area contributed by atoms with Gasteiger partial charge < -0.3 is 25.3 Å². The van der Waals surface area contributed by atoms with Gasteiger partial charge in [-0.05, 0) is 43.5 Å². The molecule has 0 bridgehead atoms. The molecule has 38 heavy (non-hydrogen) atoms. The van der Waals surface area contributed by atoms with Crippen LogP contribution in [0.5, 0.6) is 0 Å². The number of halogens is 3. The zero-order valence-corrected chi connectivity index (χ0v) is 20.8. The van der Waals surface area contributed by atoms with E-state index in [-0.39, 0.29) is 23.7 Å². The summed E-state index contributed by atoms with van der Waals surface area (Å²) in [7, 11) is 0. The van der Waals surface area contributed by atoms with Gasteiger partial charge in [0.2, 0.25) is 11.7 Å². The minimum absolute atomic E-state index is 0.0493. The molecule has 1 aromatic carbocycles. The second kappa shape index (κ2) is 12.0. The van der Waals surface area contributed by atoms with Crippen LogP contribution in [0.2, 0.25) is 0 Å². The SMILES string of the molecule is CCCCNC(=O)N1CCC(Nc2ccc(NC(=O)c3nc(-c4ccccc4)oc3C(F)(F)F)cn2)CC1. The molecule has 3 amide bonds. The maximum absolute atomic E-state index is 13.5. The Morgan fingerprint density at radius 1 is 1.11 bits per heavy atom. The number of nitrogens with zero attached hydrogens (tertiary/aromatic N) is 3. The van der Waals surface area contributed by atoms with E-state index in [1.165, 1.54) is 24.4 Å². The minimum atomic E-state index is -4.90. The van der Waals surface area contributed by atoms with Crippen LogP contribution in [0.4, 0.5) is 29.5 Å². The van der Waals surface area contributed by atoms with Gasteiger partial charge in [0.05, 0.1) is 11.9 Å². The van der Waals surface area contributed by atoms with E-state index < -0.39 is 23.5 Å². The number of nitrogens with one attached hydrogen (secondary N) is 3. The lowest BCUT2D eigenvalue weighted by atomic mass is 10.1. The lowest BCUT2D eigenvalue weighted by Gasteiger charge is -2.32. The molecule has 0 radical (unpaired) electrons. The van der Waals surface area contributed by atoms with E-state index in [4.69, 9.17) is 4.42 Å². The summed E-state index contributed by atoms with van der Waals surface area (Å²) in [5.41, 5.74) is -0.336. The Balaban J connectivity index is 1.34. The van der Waals surface area contributed by atoms with Crippen molar-refractivity contribution in [2.75, 3.05) is 30.3 Å². The Hall–Kier alpha value is -4.09. The fourth-order valence-corrected chi connectivity index (χ4v) is 4.03. The predicted octanol–water partition coefficient (Wildman–Crippen LogP) is 5.39. The number of aromatic nitrogens is 2. The molecule has 3 N–H and O–H groups in total. The number of piperidine rings is 1. The average Bonchev–Trinajstić information content (AvgIpc) is 3.38. The minimum Gasteiger partial charge on any atom is -0.431 e. The van der Waals surface area contributed by atoms with Crippen molar-refractivity contribution in [3.8, 4) is 11.5 Å². The number of carbonyl (C=O) groups excluding carboxylic acids is 2. The summed E-state index contributed by atoms with van der Waals surface area (Å²) in [6.45, 7) is 3.98. The lowest BCUT2D eigenvalue weighted by Crippen LogP contribution is -2.47. The third-order valence-corrected chi connectivity index (χ3v) is 6.08. The first-order valence-corrected chi connectivity index (χ1v) is 12.4. The Morgan fingerprint density at radius 2 is 1.84 bits per heavy atom. The molecular formula is C26H29F3N6O3. The average molecular weight is 531 g/mol. The molecule has 3 heterocycles. The summed E-state index contributed by atoms with van der Waals surface area (Å²) in [6, 6.07) is 11.3. The number of carbonyl (C=O) groups is 2. The van der Waals surface area contributed by atoms with Crippen molar-refractivity contribution >= 4 is 23.4 Å². The Morgan fingerprint density at radius 3 is 2.47 bits per heavy atom. The van der Waals surface area contributed by atoms with Crippen molar-refractivity contribution in [3.63, 3.8) is 0 Å². The topological polar surface area (TPSA) is 112 Å². The van der Waals surface area contributed by atoms with Crippen LogP contribution >= 0.6 is 0 Å². The van der Waals surface area contributed by atoms with Crippen LogP contribution in [-0.2, 0) is 6.18 Å². The number of likely N-dealkylation sites (tertiary alicyclic amines) is 1. The number of benzene rings is 1. The highest BCUT2D eigenvalue weighted by Gasteiger charge is 2.42. The number of amides is 3. The Bertz CT molecular complexity index is 1220. The van der Waals surface area contributed by atoms with E-state index in [9.17, 15) is 22.8 Å². The summed E-state index contributed by atoms with van der Waals surface area (Å²) < 4.78 is 45.5. The number of anilines is 2. The van der Waals surface area contributed by atoms with Crippen LogP contribution in [0.1, 0.15) is 48.9 Å². The van der Waals surface area contributed by atoms with Crippen molar-refractivity contribution in [1.29, 1.82) is 0 Å². The van der Waals surface area contributed by atoms with Crippen LogP contribution in [0.25, 0.3) is 11.5 Å². The van der Waals surface area contributed by atoms with Gasteiger partial charge in [-0.3, -0.25) is 4.79 Å². The molecule has 202 valence electrons. The largest absolute Gasteiger partial charge is 0.452 e. The molecule has 4 rings (SSSR count). The van der Waals surface area contributed by atoms with Gasteiger partial charge in [-0.25, -0.2) is 14.8 Å². The number of hydrogen-bond acceptors (Lipinski definition) is 6. The number of urea groups is 1. The molecule has 2 aromatic heterocycles. The molecule has 0 unspecified atom stereocenters. The zero-order chi connectivity index (χ0) is 27.1. The number of pyridine rings is 1. The molecule has 9 nitrogen and oxygen atoms in total. The number of unbranched alkanes of at least 4 members (excludes halogenated alkanes) is 1. The maximum Gasteiger partial charge on any atom is 0.452 e. The smallest absolute Gasteiger partial charge is 0.431 e. The van der Waals surface area contributed by atoms with Crippen LogP contribution in [0, 0.1) is 0 Å². The molecule has 0 aliphatic carbocycles. The number of alkyl halides is 3. The van der Waals surface area contributed by atoms with Crippen molar-refractivity contribution in [2.45, 2.75) is 44.8 Å². The highest BCUT2D eigenvalue weighted by atomic mass is 19.4. The molecule has 0 atom stereocenters. The van der Waals surface area contributed by atoms with Crippen LogP contribution in [-0.4, -0.2) is 52.5 Å². The van der Waals surface area contributed by atoms with E-state index in [1.807, 2.05) is 0 Å². The summed E-state index contributed by atoms with van der Waals surface area (Å²) in [4.78, 5) is 34.7. The summed E-state index contributed by atoms with van der Waals surface area (Å²) in [5.74, 6) is -2.27. The van der Waals surface area contributed by atoms with E-state index in [1.54, 1.807) is 29.2 Å². The van der Waals surface area contributed by atoms with Crippen LogP contribution < -0.4 is 16.0 Å². The van der Waals surface area contributed by atoms with Gasteiger partial charge in [0.15, 0.2) is 5.69 Å². The Labute approximate surface area is 217 Å². The second-order valence-electron chi connectivity index (χ2n) is 8.94. The second-order valence-corrected chi connectivity index (χ2v) is 8.94. The summed E-state index contributed by atoms with van der Waals surface area (Å²) >= 11 is 0. The quantitative estimate of drug-likeness (QED) is 0.337. The van der Waals surface area contributed by atoms with Gasteiger partial charge >= 0.3 is 12.2 Å². The molecule has 1 aliphatic rings. The van der Waals surface area contributed by atoms with Gasteiger partial charge in [-0.1, -0.05) is 31.5 Å². The third-order valence-electron chi connectivity index (χ3n) is 6.08. The highest BCUT2D eigenvalue weighted by Crippen LogP contribution is 2.35. The summed E-state index contributed by atoms with van der Waals surface area (Å²) in [5, 5.41) is 8.62. The molecule has 1 aliphatic heterocycles. The lowest BCUT2D eigenvalue weighted by molar-refractivity contribution is -0.153. The monoisotopic (exact) mass is 530 g/mol. The molecule has 3 aromatic rings. The number of oxazole rings is 1. The molecule has 0 spiro atoms. The van der Waals surface area contributed by atoms with E-state index >= 15 is 0 Å². The molecule has 1 saturated heterocycles. The highest BCUT2D eigenvalue weighted by molar-refractivity contribution is 6.04.